The number of rotatable bonds is 5. The summed E-state index contributed by atoms with van der Waals surface area (Å²) >= 11 is 0. The van der Waals surface area contributed by atoms with Gasteiger partial charge in [0.15, 0.2) is 0 Å². The number of hydrogen-bond acceptors (Lipinski definition) is 3. The molecule has 1 heterocycles. The zero-order chi connectivity index (χ0) is 11.3. The van der Waals surface area contributed by atoms with E-state index in [4.69, 9.17) is 4.74 Å². The zero-order valence-corrected chi connectivity index (χ0v) is 10.6. The Morgan fingerprint density at radius 2 is 2.20 bits per heavy atom. The summed E-state index contributed by atoms with van der Waals surface area (Å²) < 4.78 is 5.47. The summed E-state index contributed by atoms with van der Waals surface area (Å²) in [6, 6.07) is 1.80. The summed E-state index contributed by atoms with van der Waals surface area (Å²) in [5.41, 5.74) is 0. The molecule has 0 radical (unpaired) electrons. The molecule has 1 fully saturated rings. The minimum atomic E-state index is 0.567. The van der Waals surface area contributed by atoms with E-state index in [1.165, 1.54) is 6.42 Å². The first-order chi connectivity index (χ1) is 7.15. The number of ether oxygens (including phenoxy) is 1. The Kier molecular flexibility index (Phi) is 5.58. The second-order valence-electron chi connectivity index (χ2n) is 4.79. The highest BCUT2D eigenvalue weighted by molar-refractivity contribution is 4.80. The highest BCUT2D eigenvalue weighted by Crippen LogP contribution is 2.12. The summed E-state index contributed by atoms with van der Waals surface area (Å²) in [4.78, 5) is 2.58. The van der Waals surface area contributed by atoms with Crippen molar-refractivity contribution >= 4 is 0 Å². The van der Waals surface area contributed by atoms with Crippen LogP contribution in [0.5, 0.6) is 0 Å². The van der Waals surface area contributed by atoms with Gasteiger partial charge >= 0.3 is 0 Å². The van der Waals surface area contributed by atoms with Crippen molar-refractivity contribution in [3.05, 3.63) is 0 Å². The second kappa shape index (κ2) is 6.46. The first-order valence-electron chi connectivity index (χ1n) is 6.22. The van der Waals surface area contributed by atoms with Crippen LogP contribution in [0.15, 0.2) is 0 Å². The Morgan fingerprint density at radius 1 is 1.47 bits per heavy atom. The van der Waals surface area contributed by atoms with E-state index in [1.807, 2.05) is 0 Å². The minimum Gasteiger partial charge on any atom is -0.379 e. The summed E-state index contributed by atoms with van der Waals surface area (Å²) in [5.74, 6) is 0. The van der Waals surface area contributed by atoms with Gasteiger partial charge in [0.25, 0.3) is 0 Å². The molecular weight excluding hydrogens is 188 g/mol. The SMILES string of the molecule is CCC(CNC(C)C)N1CCOCC1C. The van der Waals surface area contributed by atoms with E-state index in [2.05, 4.69) is 37.9 Å². The van der Waals surface area contributed by atoms with Crippen LogP contribution in [0.25, 0.3) is 0 Å². The Morgan fingerprint density at radius 3 is 2.73 bits per heavy atom. The molecule has 15 heavy (non-hydrogen) atoms. The Bertz CT molecular complexity index is 173. The van der Waals surface area contributed by atoms with E-state index in [-0.39, 0.29) is 0 Å². The van der Waals surface area contributed by atoms with Gasteiger partial charge in [-0.05, 0) is 13.3 Å². The number of morpholine rings is 1. The van der Waals surface area contributed by atoms with Crippen molar-refractivity contribution in [3.63, 3.8) is 0 Å². The molecule has 3 heteroatoms. The van der Waals surface area contributed by atoms with E-state index in [0.29, 0.717) is 18.1 Å². The third-order valence-corrected chi connectivity index (χ3v) is 3.12. The molecule has 1 aliphatic rings. The van der Waals surface area contributed by atoms with Crippen LogP contribution in [0.3, 0.4) is 0 Å². The van der Waals surface area contributed by atoms with Crippen molar-refractivity contribution in [3.8, 4) is 0 Å². The van der Waals surface area contributed by atoms with Crippen LogP contribution >= 0.6 is 0 Å². The van der Waals surface area contributed by atoms with Crippen molar-refractivity contribution in [2.75, 3.05) is 26.3 Å². The first kappa shape index (κ1) is 12.9. The van der Waals surface area contributed by atoms with Crippen LogP contribution in [0.1, 0.15) is 34.1 Å². The average Bonchev–Trinajstić information content (AvgIpc) is 2.21. The van der Waals surface area contributed by atoms with Crippen LogP contribution in [0.4, 0.5) is 0 Å². The molecular formula is C12H26N2O. The molecule has 3 nitrogen and oxygen atoms in total. The van der Waals surface area contributed by atoms with E-state index in [9.17, 15) is 0 Å². The molecule has 90 valence electrons. The minimum absolute atomic E-state index is 0.567. The van der Waals surface area contributed by atoms with E-state index in [0.717, 1.165) is 26.3 Å². The van der Waals surface area contributed by atoms with Crippen molar-refractivity contribution in [1.29, 1.82) is 0 Å². The lowest BCUT2D eigenvalue weighted by molar-refractivity contribution is -0.0227. The molecule has 0 amide bonds. The van der Waals surface area contributed by atoms with E-state index >= 15 is 0 Å². The maximum atomic E-state index is 5.47. The predicted octanol–water partition coefficient (Wildman–Crippen LogP) is 1.48. The van der Waals surface area contributed by atoms with Crippen molar-refractivity contribution < 1.29 is 4.74 Å². The predicted molar refractivity (Wildman–Crippen MR) is 64.2 cm³/mol. The zero-order valence-electron chi connectivity index (χ0n) is 10.6. The molecule has 0 aromatic heterocycles. The largest absolute Gasteiger partial charge is 0.379 e. The number of hydrogen-bond donors (Lipinski definition) is 1. The van der Waals surface area contributed by atoms with E-state index in [1.54, 1.807) is 0 Å². The van der Waals surface area contributed by atoms with Gasteiger partial charge in [0.1, 0.15) is 0 Å². The van der Waals surface area contributed by atoms with Gasteiger partial charge in [0.2, 0.25) is 0 Å². The van der Waals surface area contributed by atoms with Crippen molar-refractivity contribution in [1.82, 2.24) is 10.2 Å². The smallest absolute Gasteiger partial charge is 0.0619 e. The lowest BCUT2D eigenvalue weighted by Crippen LogP contribution is -2.52. The molecule has 2 unspecified atom stereocenters. The second-order valence-corrected chi connectivity index (χ2v) is 4.79. The molecule has 0 aromatic rings. The lowest BCUT2D eigenvalue weighted by Gasteiger charge is -2.39. The normalized spacial score (nSPS) is 25.8. The van der Waals surface area contributed by atoms with Gasteiger partial charge in [-0.3, -0.25) is 4.90 Å². The molecule has 0 spiro atoms. The summed E-state index contributed by atoms with van der Waals surface area (Å²) in [7, 11) is 0. The highest BCUT2D eigenvalue weighted by atomic mass is 16.5. The van der Waals surface area contributed by atoms with Gasteiger partial charge in [-0.25, -0.2) is 0 Å². The Balaban J connectivity index is 2.41. The average molecular weight is 214 g/mol. The first-order valence-corrected chi connectivity index (χ1v) is 6.22. The van der Waals surface area contributed by atoms with Gasteiger partial charge in [-0.2, -0.15) is 0 Å². The van der Waals surface area contributed by atoms with Gasteiger partial charge in [-0.15, -0.1) is 0 Å². The lowest BCUT2D eigenvalue weighted by atomic mass is 10.1. The quantitative estimate of drug-likeness (QED) is 0.750. The van der Waals surface area contributed by atoms with Crippen LogP contribution in [0, 0.1) is 0 Å². The molecule has 0 aromatic carbocycles. The van der Waals surface area contributed by atoms with Crippen LogP contribution < -0.4 is 5.32 Å². The fourth-order valence-electron chi connectivity index (χ4n) is 2.15. The molecule has 1 aliphatic heterocycles. The maximum Gasteiger partial charge on any atom is 0.0619 e. The van der Waals surface area contributed by atoms with Crippen molar-refractivity contribution in [2.24, 2.45) is 0 Å². The van der Waals surface area contributed by atoms with Gasteiger partial charge in [0.05, 0.1) is 13.2 Å². The highest BCUT2D eigenvalue weighted by Gasteiger charge is 2.25. The molecule has 2 atom stereocenters. The molecule has 1 saturated heterocycles. The molecule has 1 rings (SSSR count). The van der Waals surface area contributed by atoms with Crippen LogP contribution in [0.2, 0.25) is 0 Å². The fourth-order valence-corrected chi connectivity index (χ4v) is 2.15. The molecule has 0 saturated carbocycles. The third kappa shape index (κ3) is 4.09. The van der Waals surface area contributed by atoms with Gasteiger partial charge in [0, 0.05) is 31.2 Å². The number of nitrogens with zero attached hydrogens (tertiary/aromatic N) is 1. The molecule has 1 N–H and O–H groups in total. The standard InChI is InChI=1S/C12H26N2O/c1-5-12(8-13-10(2)3)14-6-7-15-9-11(14)4/h10-13H,5-9H2,1-4H3. The number of nitrogens with one attached hydrogen (secondary N) is 1. The monoisotopic (exact) mass is 214 g/mol. The summed E-state index contributed by atoms with van der Waals surface area (Å²) in [6.07, 6.45) is 1.21. The van der Waals surface area contributed by atoms with Crippen molar-refractivity contribution in [2.45, 2.75) is 52.2 Å². The Hall–Kier alpha value is -0.120. The molecule has 0 aliphatic carbocycles. The maximum absolute atomic E-state index is 5.47. The Labute approximate surface area is 94.2 Å². The summed E-state index contributed by atoms with van der Waals surface area (Å²) in [6.45, 7) is 12.9. The summed E-state index contributed by atoms with van der Waals surface area (Å²) in [5, 5.41) is 3.53. The fraction of sp³-hybridized carbons (Fsp3) is 1.00. The van der Waals surface area contributed by atoms with Crippen LogP contribution in [-0.2, 0) is 4.74 Å². The topological polar surface area (TPSA) is 24.5 Å². The van der Waals surface area contributed by atoms with Gasteiger partial charge in [-0.1, -0.05) is 20.8 Å². The molecule has 0 bridgehead atoms. The third-order valence-electron chi connectivity index (χ3n) is 3.12. The van der Waals surface area contributed by atoms with E-state index < -0.39 is 0 Å². The van der Waals surface area contributed by atoms with Gasteiger partial charge < -0.3 is 10.1 Å². The van der Waals surface area contributed by atoms with Crippen LogP contribution in [-0.4, -0.2) is 49.3 Å².